The van der Waals surface area contributed by atoms with Crippen molar-refractivity contribution in [3.05, 3.63) is 10.8 Å². The molecule has 0 aliphatic heterocycles. The number of hydrogen-bond donors (Lipinski definition) is 2. The summed E-state index contributed by atoms with van der Waals surface area (Å²) in [6.45, 7) is 3.08. The fourth-order valence-corrected chi connectivity index (χ4v) is 2.99. The molecular weight excluding hydrogens is 304 g/mol. The maximum atomic E-state index is 4.40. The third-order valence-electron chi connectivity index (χ3n) is 3.90. The normalized spacial score (nSPS) is 18.7. The van der Waals surface area contributed by atoms with E-state index < -0.39 is 0 Å². The summed E-state index contributed by atoms with van der Waals surface area (Å²) >= 11 is 3.63. The van der Waals surface area contributed by atoms with Gasteiger partial charge in [-0.1, -0.05) is 6.92 Å². The molecule has 2 saturated carbocycles. The molecule has 2 aliphatic carbocycles. The molecule has 4 nitrogen and oxygen atoms in total. The highest BCUT2D eigenvalue weighted by Crippen LogP contribution is 2.46. The van der Waals surface area contributed by atoms with Crippen LogP contribution in [-0.2, 0) is 0 Å². The van der Waals surface area contributed by atoms with Gasteiger partial charge in [-0.15, -0.1) is 0 Å². The Labute approximate surface area is 122 Å². The molecule has 1 heterocycles. The molecular formula is C14H21BrN4. The van der Waals surface area contributed by atoms with Gasteiger partial charge in [-0.3, -0.25) is 0 Å². The molecule has 104 valence electrons. The maximum absolute atomic E-state index is 4.40. The Morgan fingerprint density at radius 3 is 2.42 bits per heavy atom. The van der Waals surface area contributed by atoms with E-state index in [9.17, 15) is 0 Å². The number of aromatic nitrogens is 2. The summed E-state index contributed by atoms with van der Waals surface area (Å²) in [5.41, 5.74) is 0. The first-order valence-corrected chi connectivity index (χ1v) is 8.09. The van der Waals surface area contributed by atoms with Crippen molar-refractivity contribution < 1.29 is 0 Å². The molecule has 3 rings (SSSR count). The minimum absolute atomic E-state index is 0.616. The lowest BCUT2D eigenvalue weighted by atomic mass is 10.1. The maximum Gasteiger partial charge on any atom is 0.146 e. The Kier molecular flexibility index (Phi) is 3.91. The van der Waals surface area contributed by atoms with E-state index in [0.717, 1.165) is 40.9 Å². The van der Waals surface area contributed by atoms with E-state index >= 15 is 0 Å². The summed E-state index contributed by atoms with van der Waals surface area (Å²) in [4.78, 5) is 8.69. The van der Waals surface area contributed by atoms with Gasteiger partial charge in [0.05, 0.1) is 0 Å². The molecule has 2 fully saturated rings. The molecule has 1 aromatic heterocycles. The van der Waals surface area contributed by atoms with Crippen LogP contribution in [-0.4, -0.2) is 22.6 Å². The summed E-state index contributed by atoms with van der Waals surface area (Å²) in [6.07, 6.45) is 8.22. The molecule has 0 radical (unpaired) electrons. The second-order valence-corrected chi connectivity index (χ2v) is 6.45. The van der Waals surface area contributed by atoms with Gasteiger partial charge in [0.1, 0.15) is 22.4 Å². The summed E-state index contributed by atoms with van der Waals surface area (Å²) in [5.74, 6) is 3.56. The molecule has 0 amide bonds. The van der Waals surface area contributed by atoms with Crippen LogP contribution in [0.4, 0.5) is 11.6 Å². The average molecular weight is 325 g/mol. The average Bonchev–Trinajstić information content (AvgIpc) is 3.29. The van der Waals surface area contributed by atoms with Crippen LogP contribution in [0.15, 0.2) is 10.8 Å². The third kappa shape index (κ3) is 3.19. The lowest BCUT2D eigenvalue weighted by Gasteiger charge is -2.20. The number of nitrogens with zero attached hydrogens (tertiary/aromatic N) is 2. The van der Waals surface area contributed by atoms with Crippen LogP contribution in [0.25, 0.3) is 0 Å². The summed E-state index contributed by atoms with van der Waals surface area (Å²) in [6, 6.07) is 0.616. The largest absolute Gasteiger partial charge is 0.369 e. The van der Waals surface area contributed by atoms with Gasteiger partial charge in [0.25, 0.3) is 0 Å². The number of hydrogen-bond acceptors (Lipinski definition) is 4. The van der Waals surface area contributed by atoms with E-state index in [-0.39, 0.29) is 0 Å². The quantitative estimate of drug-likeness (QED) is 0.803. The van der Waals surface area contributed by atoms with Crippen LogP contribution < -0.4 is 10.6 Å². The SMILES string of the molecule is CCCNc1ncnc(NC(C2CC2)C2CC2)c1Br. The summed E-state index contributed by atoms with van der Waals surface area (Å²) in [7, 11) is 0. The van der Waals surface area contributed by atoms with Gasteiger partial charge in [0, 0.05) is 12.6 Å². The zero-order chi connectivity index (χ0) is 13.2. The number of halogens is 1. The second kappa shape index (κ2) is 5.65. The standard InChI is InChI=1S/C14H21BrN4/c1-2-7-16-13-11(15)14(18-8-17-13)19-12(9-3-4-9)10-5-6-10/h8-10,12H,2-7H2,1H3,(H2,16,17,18,19). The number of rotatable bonds is 7. The molecule has 0 aromatic carbocycles. The lowest BCUT2D eigenvalue weighted by molar-refractivity contribution is 0.565. The van der Waals surface area contributed by atoms with Crippen molar-refractivity contribution >= 4 is 27.6 Å². The van der Waals surface area contributed by atoms with Crippen LogP contribution in [0.3, 0.4) is 0 Å². The van der Waals surface area contributed by atoms with E-state index in [1.807, 2.05) is 0 Å². The molecule has 0 saturated heterocycles. The van der Waals surface area contributed by atoms with Crippen LogP contribution in [0.5, 0.6) is 0 Å². The van der Waals surface area contributed by atoms with Crippen molar-refractivity contribution in [3.63, 3.8) is 0 Å². The minimum atomic E-state index is 0.616. The molecule has 5 heteroatoms. The molecule has 19 heavy (non-hydrogen) atoms. The van der Waals surface area contributed by atoms with E-state index in [1.165, 1.54) is 25.7 Å². The Morgan fingerprint density at radius 1 is 1.21 bits per heavy atom. The predicted octanol–water partition coefficient (Wildman–Crippen LogP) is 3.66. The van der Waals surface area contributed by atoms with Gasteiger partial charge in [-0.2, -0.15) is 0 Å². The first-order chi connectivity index (χ1) is 9.29. The van der Waals surface area contributed by atoms with Gasteiger partial charge in [0.2, 0.25) is 0 Å². The van der Waals surface area contributed by atoms with Crippen molar-refractivity contribution in [3.8, 4) is 0 Å². The molecule has 1 aromatic rings. The van der Waals surface area contributed by atoms with Crippen molar-refractivity contribution in [2.75, 3.05) is 17.2 Å². The Hall–Kier alpha value is -0.840. The first-order valence-electron chi connectivity index (χ1n) is 7.30. The number of nitrogens with one attached hydrogen (secondary N) is 2. The molecule has 0 spiro atoms. The van der Waals surface area contributed by atoms with Crippen molar-refractivity contribution in [2.24, 2.45) is 11.8 Å². The minimum Gasteiger partial charge on any atom is -0.369 e. The Morgan fingerprint density at radius 2 is 1.84 bits per heavy atom. The van der Waals surface area contributed by atoms with E-state index in [1.54, 1.807) is 6.33 Å². The van der Waals surface area contributed by atoms with E-state index in [4.69, 9.17) is 0 Å². The predicted molar refractivity (Wildman–Crippen MR) is 81.4 cm³/mol. The molecule has 0 unspecified atom stereocenters. The molecule has 0 atom stereocenters. The van der Waals surface area contributed by atoms with Crippen LogP contribution in [0, 0.1) is 11.8 Å². The second-order valence-electron chi connectivity index (χ2n) is 5.66. The zero-order valence-electron chi connectivity index (χ0n) is 11.3. The molecule has 2 N–H and O–H groups in total. The molecule has 0 bridgehead atoms. The van der Waals surface area contributed by atoms with E-state index in [2.05, 4.69) is 43.5 Å². The fourth-order valence-electron chi connectivity index (χ4n) is 2.53. The van der Waals surface area contributed by atoms with Gasteiger partial charge >= 0.3 is 0 Å². The van der Waals surface area contributed by atoms with Crippen LogP contribution in [0.2, 0.25) is 0 Å². The fraction of sp³-hybridized carbons (Fsp3) is 0.714. The monoisotopic (exact) mass is 324 g/mol. The van der Waals surface area contributed by atoms with E-state index in [0.29, 0.717) is 6.04 Å². The summed E-state index contributed by atoms with van der Waals surface area (Å²) < 4.78 is 0.967. The number of anilines is 2. The first kappa shape index (κ1) is 13.2. The third-order valence-corrected chi connectivity index (χ3v) is 4.65. The summed E-state index contributed by atoms with van der Waals surface area (Å²) in [5, 5.41) is 6.98. The van der Waals surface area contributed by atoms with Crippen molar-refractivity contribution in [2.45, 2.75) is 45.1 Å². The van der Waals surface area contributed by atoms with Gasteiger partial charge < -0.3 is 10.6 Å². The highest BCUT2D eigenvalue weighted by Gasteiger charge is 2.41. The van der Waals surface area contributed by atoms with Crippen LogP contribution >= 0.6 is 15.9 Å². The van der Waals surface area contributed by atoms with Crippen molar-refractivity contribution in [1.82, 2.24) is 9.97 Å². The topological polar surface area (TPSA) is 49.8 Å². The zero-order valence-corrected chi connectivity index (χ0v) is 12.9. The van der Waals surface area contributed by atoms with Crippen LogP contribution in [0.1, 0.15) is 39.0 Å². The Bertz CT molecular complexity index is 431. The van der Waals surface area contributed by atoms with Gasteiger partial charge in [0.15, 0.2) is 0 Å². The highest BCUT2D eigenvalue weighted by atomic mass is 79.9. The van der Waals surface area contributed by atoms with Crippen molar-refractivity contribution in [1.29, 1.82) is 0 Å². The van der Waals surface area contributed by atoms with Gasteiger partial charge in [-0.25, -0.2) is 9.97 Å². The molecule has 2 aliphatic rings. The lowest BCUT2D eigenvalue weighted by Crippen LogP contribution is -2.25. The highest BCUT2D eigenvalue weighted by molar-refractivity contribution is 9.10. The smallest absolute Gasteiger partial charge is 0.146 e. The Balaban J connectivity index is 1.72. The van der Waals surface area contributed by atoms with Gasteiger partial charge in [-0.05, 0) is 59.9 Å².